The molecule has 0 aromatic heterocycles. The molecule has 2 aliphatic rings. The fourth-order valence-corrected chi connectivity index (χ4v) is 1.16. The lowest BCUT2D eigenvalue weighted by Crippen LogP contribution is -2.50. The van der Waals surface area contributed by atoms with Crippen LogP contribution in [0.25, 0.3) is 0 Å². The van der Waals surface area contributed by atoms with E-state index in [1.165, 1.54) is 11.0 Å². The molecular formula is C6H5NO2. The van der Waals surface area contributed by atoms with Gasteiger partial charge in [-0.3, -0.25) is 14.5 Å². The largest absolute Gasteiger partial charge is 0.274 e. The van der Waals surface area contributed by atoms with Crippen molar-refractivity contribution in [3.63, 3.8) is 0 Å². The van der Waals surface area contributed by atoms with Gasteiger partial charge in [0.25, 0.3) is 5.91 Å². The van der Waals surface area contributed by atoms with Crippen LogP contribution < -0.4 is 0 Å². The van der Waals surface area contributed by atoms with E-state index in [4.69, 9.17) is 0 Å². The van der Waals surface area contributed by atoms with E-state index < -0.39 is 0 Å². The van der Waals surface area contributed by atoms with Gasteiger partial charge < -0.3 is 0 Å². The van der Waals surface area contributed by atoms with Crippen molar-refractivity contribution in [1.29, 1.82) is 0 Å². The van der Waals surface area contributed by atoms with E-state index in [-0.39, 0.29) is 17.9 Å². The van der Waals surface area contributed by atoms with Crippen LogP contribution in [-0.4, -0.2) is 22.8 Å². The average Bonchev–Trinajstić information content (AvgIpc) is 2.04. The van der Waals surface area contributed by atoms with E-state index in [9.17, 15) is 9.59 Å². The van der Waals surface area contributed by atoms with E-state index in [0.717, 1.165) is 0 Å². The Morgan fingerprint density at radius 1 is 1.56 bits per heavy atom. The number of hydrogen-bond donors (Lipinski definition) is 0. The summed E-state index contributed by atoms with van der Waals surface area (Å²) in [4.78, 5) is 22.5. The molecule has 0 bridgehead atoms. The third kappa shape index (κ3) is 0.415. The molecule has 0 saturated carbocycles. The molecule has 1 atom stereocenters. The van der Waals surface area contributed by atoms with Gasteiger partial charge in [-0.15, -0.1) is 0 Å². The van der Waals surface area contributed by atoms with Gasteiger partial charge in [0.1, 0.15) is 0 Å². The zero-order valence-corrected chi connectivity index (χ0v) is 4.70. The number of nitrogens with zero attached hydrogens (tertiary/aromatic N) is 1. The van der Waals surface area contributed by atoms with Crippen molar-refractivity contribution < 1.29 is 9.59 Å². The molecule has 0 aromatic carbocycles. The molecule has 9 heavy (non-hydrogen) atoms. The Bertz CT molecular complexity index is 219. The maximum atomic E-state index is 10.7. The zero-order valence-electron chi connectivity index (χ0n) is 4.70. The highest BCUT2D eigenvalue weighted by Crippen LogP contribution is 2.25. The molecular weight excluding hydrogens is 118 g/mol. The Hall–Kier alpha value is -1.12. The summed E-state index contributed by atoms with van der Waals surface area (Å²) in [5, 5.41) is 0. The van der Waals surface area contributed by atoms with E-state index in [2.05, 4.69) is 0 Å². The molecule has 2 aliphatic heterocycles. The number of fused-ring (bicyclic) bond motifs is 1. The number of imide groups is 1. The van der Waals surface area contributed by atoms with Crippen LogP contribution >= 0.6 is 0 Å². The molecule has 2 heterocycles. The van der Waals surface area contributed by atoms with Crippen LogP contribution in [0.15, 0.2) is 12.2 Å². The van der Waals surface area contributed by atoms with Gasteiger partial charge in [0, 0.05) is 6.08 Å². The van der Waals surface area contributed by atoms with Crippen molar-refractivity contribution in [1.82, 2.24) is 4.90 Å². The summed E-state index contributed by atoms with van der Waals surface area (Å²) in [6.45, 7) is 0. The molecule has 46 valence electrons. The molecule has 0 aromatic rings. The first-order chi connectivity index (χ1) is 4.29. The van der Waals surface area contributed by atoms with Crippen LogP contribution in [0.2, 0.25) is 0 Å². The van der Waals surface area contributed by atoms with Crippen LogP contribution in [-0.2, 0) is 9.59 Å². The maximum absolute atomic E-state index is 10.7. The fraction of sp³-hybridized carbons (Fsp3) is 0.333. The molecule has 1 saturated heterocycles. The summed E-state index contributed by atoms with van der Waals surface area (Å²) < 4.78 is 0. The van der Waals surface area contributed by atoms with Gasteiger partial charge in [-0.05, 0) is 0 Å². The lowest BCUT2D eigenvalue weighted by molar-refractivity contribution is -0.151. The van der Waals surface area contributed by atoms with E-state index in [0.29, 0.717) is 6.42 Å². The lowest BCUT2D eigenvalue weighted by atomic mass is 10.1. The summed E-state index contributed by atoms with van der Waals surface area (Å²) in [6, 6.07) is 0.102. The molecule has 0 aliphatic carbocycles. The molecule has 0 N–H and O–H groups in total. The first-order valence-electron chi connectivity index (χ1n) is 2.83. The number of carbonyl (C=O) groups excluding carboxylic acids is 2. The molecule has 2 amide bonds. The lowest BCUT2D eigenvalue weighted by Gasteiger charge is -2.31. The summed E-state index contributed by atoms with van der Waals surface area (Å²) in [7, 11) is 0. The molecule has 3 heteroatoms. The fourth-order valence-electron chi connectivity index (χ4n) is 1.16. The van der Waals surface area contributed by atoms with Gasteiger partial charge in [-0.1, -0.05) is 6.08 Å². The second kappa shape index (κ2) is 1.23. The Morgan fingerprint density at radius 3 is 2.78 bits per heavy atom. The van der Waals surface area contributed by atoms with Crippen molar-refractivity contribution in [2.75, 3.05) is 0 Å². The Balaban J connectivity index is 2.30. The van der Waals surface area contributed by atoms with Crippen molar-refractivity contribution >= 4 is 11.8 Å². The minimum Gasteiger partial charge on any atom is -0.274 e. The van der Waals surface area contributed by atoms with Gasteiger partial charge in [0.15, 0.2) is 0 Å². The van der Waals surface area contributed by atoms with E-state index in [1.807, 2.05) is 0 Å². The predicted molar refractivity (Wildman–Crippen MR) is 29.4 cm³/mol. The number of carbonyl (C=O) groups is 2. The topological polar surface area (TPSA) is 37.4 Å². The summed E-state index contributed by atoms with van der Waals surface area (Å²) in [6.07, 6.45) is 3.74. The number of hydrogen-bond acceptors (Lipinski definition) is 2. The molecule has 0 spiro atoms. The summed E-state index contributed by atoms with van der Waals surface area (Å²) in [5.74, 6) is -0.203. The van der Waals surface area contributed by atoms with Crippen molar-refractivity contribution in [3.8, 4) is 0 Å². The van der Waals surface area contributed by atoms with Crippen LogP contribution in [0.4, 0.5) is 0 Å². The van der Waals surface area contributed by atoms with Crippen LogP contribution in [0.1, 0.15) is 6.42 Å². The third-order valence-electron chi connectivity index (χ3n) is 1.68. The standard InChI is InChI=1S/C6H5NO2/c8-5-2-1-4-3-6(9)7(4)5/h1-2,4H,3H2. The summed E-state index contributed by atoms with van der Waals surface area (Å²) >= 11 is 0. The number of rotatable bonds is 0. The minimum absolute atomic E-state index is 0.0463. The monoisotopic (exact) mass is 123 g/mol. The van der Waals surface area contributed by atoms with Crippen molar-refractivity contribution in [2.24, 2.45) is 0 Å². The summed E-state index contributed by atoms with van der Waals surface area (Å²) in [5.41, 5.74) is 0. The van der Waals surface area contributed by atoms with Crippen molar-refractivity contribution in [3.05, 3.63) is 12.2 Å². The molecule has 1 fully saturated rings. The highest BCUT2D eigenvalue weighted by Gasteiger charge is 2.41. The van der Waals surface area contributed by atoms with Gasteiger partial charge in [0.2, 0.25) is 5.91 Å². The van der Waals surface area contributed by atoms with Crippen LogP contribution in [0.5, 0.6) is 0 Å². The first kappa shape index (κ1) is 4.73. The second-order valence-corrected chi connectivity index (χ2v) is 2.23. The highest BCUT2D eigenvalue weighted by atomic mass is 16.2. The van der Waals surface area contributed by atoms with Crippen molar-refractivity contribution in [2.45, 2.75) is 12.5 Å². The van der Waals surface area contributed by atoms with E-state index >= 15 is 0 Å². The smallest absolute Gasteiger partial charge is 0.253 e. The second-order valence-electron chi connectivity index (χ2n) is 2.23. The number of amides is 2. The molecule has 2 rings (SSSR count). The first-order valence-corrected chi connectivity index (χ1v) is 2.83. The zero-order chi connectivity index (χ0) is 6.43. The number of β-lactam (4-membered cyclic amide) rings is 1. The molecule has 0 radical (unpaired) electrons. The SMILES string of the molecule is O=C1C=CC2CC(=O)N12. The maximum Gasteiger partial charge on any atom is 0.253 e. The van der Waals surface area contributed by atoms with E-state index in [1.54, 1.807) is 6.08 Å². The van der Waals surface area contributed by atoms with Gasteiger partial charge >= 0.3 is 0 Å². The minimum atomic E-state index is -0.156. The van der Waals surface area contributed by atoms with Gasteiger partial charge in [-0.25, -0.2) is 0 Å². The molecule has 3 nitrogen and oxygen atoms in total. The average molecular weight is 123 g/mol. The Kier molecular flexibility index (Phi) is 0.649. The molecule has 1 unspecified atom stereocenters. The Labute approximate surface area is 51.9 Å². The Morgan fingerprint density at radius 2 is 2.33 bits per heavy atom. The normalized spacial score (nSPS) is 30.7. The highest BCUT2D eigenvalue weighted by molar-refractivity contribution is 6.08. The third-order valence-corrected chi connectivity index (χ3v) is 1.68. The van der Waals surface area contributed by atoms with Gasteiger partial charge in [-0.2, -0.15) is 0 Å². The predicted octanol–water partition coefficient (Wildman–Crippen LogP) is -0.316. The van der Waals surface area contributed by atoms with Crippen LogP contribution in [0.3, 0.4) is 0 Å². The van der Waals surface area contributed by atoms with Gasteiger partial charge in [0.05, 0.1) is 12.5 Å². The quantitative estimate of drug-likeness (QED) is 0.327. The van der Waals surface area contributed by atoms with Crippen LogP contribution in [0, 0.1) is 0 Å².